The van der Waals surface area contributed by atoms with E-state index in [-0.39, 0.29) is 5.91 Å². The van der Waals surface area contributed by atoms with Crippen LogP contribution in [0, 0.1) is 0 Å². The van der Waals surface area contributed by atoms with Gasteiger partial charge in [0.1, 0.15) is 5.75 Å². The summed E-state index contributed by atoms with van der Waals surface area (Å²) in [6.45, 7) is 5.65. The zero-order valence-corrected chi connectivity index (χ0v) is 15.7. The number of nitrogens with zero attached hydrogens (tertiary/aromatic N) is 2. The summed E-state index contributed by atoms with van der Waals surface area (Å²) in [7, 11) is 1.64. The summed E-state index contributed by atoms with van der Waals surface area (Å²) in [5.41, 5.74) is -0.272. The molecular weight excluding hydrogens is 330 g/mol. The van der Waals surface area contributed by atoms with Crippen LogP contribution in [-0.2, 0) is 11.3 Å². The highest BCUT2D eigenvalue weighted by Gasteiger charge is 2.41. The van der Waals surface area contributed by atoms with Crippen LogP contribution >= 0.6 is 0 Å². The Morgan fingerprint density at radius 1 is 1.23 bits per heavy atom. The van der Waals surface area contributed by atoms with Crippen molar-refractivity contribution < 1.29 is 14.6 Å². The van der Waals surface area contributed by atoms with Gasteiger partial charge in [0.25, 0.3) is 5.91 Å². The molecule has 144 valence electrons. The summed E-state index contributed by atoms with van der Waals surface area (Å²) in [6, 6.07) is 7.74. The lowest BCUT2D eigenvalue weighted by atomic mass is 9.91. The van der Waals surface area contributed by atoms with Gasteiger partial charge in [-0.05, 0) is 56.5 Å². The second-order valence-electron chi connectivity index (χ2n) is 7.44. The molecule has 1 amide bonds. The Kier molecular flexibility index (Phi) is 6.51. The summed E-state index contributed by atoms with van der Waals surface area (Å²) in [4.78, 5) is 17.0. The number of methoxy groups -OCH3 is 1. The van der Waals surface area contributed by atoms with Crippen molar-refractivity contribution in [2.75, 3.05) is 46.4 Å². The maximum absolute atomic E-state index is 12.9. The van der Waals surface area contributed by atoms with Crippen LogP contribution < -0.4 is 10.1 Å². The molecule has 2 N–H and O–H groups in total. The first-order valence-corrected chi connectivity index (χ1v) is 9.68. The minimum atomic E-state index is -1.29. The van der Waals surface area contributed by atoms with Crippen LogP contribution in [0.2, 0.25) is 0 Å². The van der Waals surface area contributed by atoms with E-state index >= 15 is 0 Å². The smallest absolute Gasteiger partial charge is 0.256 e. The van der Waals surface area contributed by atoms with Crippen LogP contribution in [0.3, 0.4) is 0 Å². The standard InChI is InChI=1S/C20H31N3O3/c1-26-18-7-4-6-17(14-18)15-23-12-5-8-20(25,19(23)24)16-21-9-13-22-10-2-3-11-22/h4,6-7,14,21,25H,2-3,5,8-13,15-16H2,1H3/t20-/m0/s1. The van der Waals surface area contributed by atoms with Crippen molar-refractivity contribution in [1.29, 1.82) is 0 Å². The van der Waals surface area contributed by atoms with Crippen LogP contribution in [-0.4, -0.2) is 72.8 Å². The lowest BCUT2D eigenvalue weighted by Crippen LogP contribution is -2.58. The van der Waals surface area contributed by atoms with Gasteiger partial charge >= 0.3 is 0 Å². The first-order valence-electron chi connectivity index (χ1n) is 9.68. The molecule has 1 aromatic carbocycles. The number of carbonyl (C=O) groups is 1. The molecule has 2 saturated heterocycles. The fraction of sp³-hybridized carbons (Fsp3) is 0.650. The predicted octanol–water partition coefficient (Wildman–Crippen LogP) is 1.23. The molecule has 0 radical (unpaired) electrons. The maximum atomic E-state index is 12.9. The first-order chi connectivity index (χ1) is 12.6. The van der Waals surface area contributed by atoms with E-state index in [0.717, 1.165) is 30.8 Å². The van der Waals surface area contributed by atoms with Crippen molar-refractivity contribution in [3.05, 3.63) is 29.8 Å². The maximum Gasteiger partial charge on any atom is 0.256 e. The SMILES string of the molecule is COc1cccc(CN2CCC[C@](O)(CNCCN3CCCC3)C2=O)c1. The van der Waals surface area contributed by atoms with Crippen molar-refractivity contribution >= 4 is 5.91 Å². The van der Waals surface area contributed by atoms with Gasteiger partial charge in [-0.15, -0.1) is 0 Å². The highest BCUT2D eigenvalue weighted by atomic mass is 16.5. The number of nitrogens with one attached hydrogen (secondary N) is 1. The van der Waals surface area contributed by atoms with Gasteiger partial charge in [-0.1, -0.05) is 12.1 Å². The Morgan fingerprint density at radius 2 is 2.04 bits per heavy atom. The van der Waals surface area contributed by atoms with E-state index in [1.165, 1.54) is 25.9 Å². The average molecular weight is 361 g/mol. The molecule has 0 saturated carbocycles. The number of hydrogen-bond donors (Lipinski definition) is 2. The molecule has 26 heavy (non-hydrogen) atoms. The third-order valence-electron chi connectivity index (χ3n) is 5.43. The van der Waals surface area contributed by atoms with Crippen molar-refractivity contribution in [3.63, 3.8) is 0 Å². The van der Waals surface area contributed by atoms with Crippen LogP contribution in [0.25, 0.3) is 0 Å². The number of aliphatic hydroxyl groups is 1. The van der Waals surface area contributed by atoms with Gasteiger partial charge in [0, 0.05) is 32.7 Å². The molecule has 0 bridgehead atoms. The molecule has 2 aliphatic heterocycles. The van der Waals surface area contributed by atoms with E-state index in [0.29, 0.717) is 26.1 Å². The quantitative estimate of drug-likeness (QED) is 0.682. The lowest BCUT2D eigenvalue weighted by molar-refractivity contribution is -0.157. The summed E-state index contributed by atoms with van der Waals surface area (Å²) in [6.07, 6.45) is 3.90. The van der Waals surface area contributed by atoms with Crippen molar-refractivity contribution in [3.8, 4) is 5.75 Å². The van der Waals surface area contributed by atoms with E-state index in [2.05, 4.69) is 10.2 Å². The minimum Gasteiger partial charge on any atom is -0.497 e. The molecule has 1 aromatic rings. The highest BCUT2D eigenvalue weighted by molar-refractivity contribution is 5.86. The Morgan fingerprint density at radius 3 is 2.81 bits per heavy atom. The number of likely N-dealkylation sites (tertiary alicyclic amines) is 2. The number of hydrogen-bond acceptors (Lipinski definition) is 5. The predicted molar refractivity (Wildman–Crippen MR) is 101 cm³/mol. The Hall–Kier alpha value is -1.63. The number of piperidine rings is 1. The zero-order valence-electron chi connectivity index (χ0n) is 15.7. The molecule has 3 rings (SSSR count). The molecular formula is C20H31N3O3. The highest BCUT2D eigenvalue weighted by Crippen LogP contribution is 2.24. The Bertz CT molecular complexity index is 604. The molecule has 0 aliphatic carbocycles. The average Bonchev–Trinajstić information content (AvgIpc) is 3.17. The summed E-state index contributed by atoms with van der Waals surface area (Å²) in [5.74, 6) is 0.617. The van der Waals surface area contributed by atoms with Gasteiger partial charge in [0.15, 0.2) is 5.60 Å². The van der Waals surface area contributed by atoms with Crippen molar-refractivity contribution in [1.82, 2.24) is 15.1 Å². The number of benzene rings is 1. The van der Waals surface area contributed by atoms with Gasteiger partial charge in [0.2, 0.25) is 0 Å². The fourth-order valence-electron chi connectivity index (χ4n) is 3.91. The fourth-order valence-corrected chi connectivity index (χ4v) is 3.91. The van der Waals surface area contributed by atoms with E-state index in [1.807, 2.05) is 24.3 Å². The number of rotatable bonds is 8. The van der Waals surface area contributed by atoms with E-state index < -0.39 is 5.60 Å². The molecule has 0 unspecified atom stereocenters. The van der Waals surface area contributed by atoms with Crippen LogP contribution in [0.1, 0.15) is 31.2 Å². The molecule has 2 heterocycles. The zero-order chi connectivity index (χ0) is 18.4. The monoisotopic (exact) mass is 361 g/mol. The van der Waals surface area contributed by atoms with Gasteiger partial charge in [-0.25, -0.2) is 0 Å². The molecule has 2 fully saturated rings. The number of ether oxygens (including phenoxy) is 1. The first kappa shape index (κ1) is 19.1. The summed E-state index contributed by atoms with van der Waals surface area (Å²) >= 11 is 0. The third kappa shape index (κ3) is 4.75. The van der Waals surface area contributed by atoms with Crippen LogP contribution in [0.4, 0.5) is 0 Å². The van der Waals surface area contributed by atoms with E-state index in [4.69, 9.17) is 4.74 Å². The van der Waals surface area contributed by atoms with Gasteiger partial charge in [-0.3, -0.25) is 4.79 Å². The van der Waals surface area contributed by atoms with Gasteiger partial charge in [0.05, 0.1) is 7.11 Å². The normalized spacial score (nSPS) is 24.2. The van der Waals surface area contributed by atoms with Gasteiger partial charge < -0.3 is 25.0 Å². The number of amides is 1. The van der Waals surface area contributed by atoms with E-state index in [1.54, 1.807) is 12.0 Å². The lowest BCUT2D eigenvalue weighted by Gasteiger charge is -2.38. The Balaban J connectivity index is 1.51. The largest absolute Gasteiger partial charge is 0.497 e. The Labute approximate surface area is 156 Å². The van der Waals surface area contributed by atoms with Crippen molar-refractivity contribution in [2.45, 2.75) is 37.8 Å². The topological polar surface area (TPSA) is 65.0 Å². The van der Waals surface area contributed by atoms with Crippen molar-refractivity contribution in [2.24, 2.45) is 0 Å². The second kappa shape index (κ2) is 8.84. The minimum absolute atomic E-state index is 0.166. The van der Waals surface area contributed by atoms with Crippen LogP contribution in [0.15, 0.2) is 24.3 Å². The molecule has 6 heteroatoms. The number of carbonyl (C=O) groups excluding carboxylic acids is 1. The molecule has 2 aliphatic rings. The van der Waals surface area contributed by atoms with E-state index in [9.17, 15) is 9.90 Å². The second-order valence-corrected chi connectivity index (χ2v) is 7.44. The molecule has 0 aromatic heterocycles. The third-order valence-corrected chi connectivity index (χ3v) is 5.43. The molecule has 0 spiro atoms. The van der Waals surface area contributed by atoms with Gasteiger partial charge in [-0.2, -0.15) is 0 Å². The summed E-state index contributed by atoms with van der Waals surface area (Å²) in [5, 5.41) is 14.2. The molecule has 6 nitrogen and oxygen atoms in total. The molecule has 1 atom stereocenters. The summed E-state index contributed by atoms with van der Waals surface area (Å²) < 4.78 is 5.25. The van der Waals surface area contributed by atoms with Crippen LogP contribution in [0.5, 0.6) is 5.75 Å².